The third-order valence-electron chi connectivity index (χ3n) is 3.08. The predicted octanol–water partition coefficient (Wildman–Crippen LogP) is 4.21. The molecule has 0 atom stereocenters. The molecule has 2 aromatic rings. The Morgan fingerprint density at radius 2 is 1.90 bits per heavy atom. The van der Waals surface area contributed by atoms with Crippen molar-refractivity contribution in [3.63, 3.8) is 0 Å². The SMILES string of the molecule is Cc1cccc(Cl)c1NCCc1ccc([N+](=O)[O-])cc1. The zero-order chi connectivity index (χ0) is 14.5. The highest BCUT2D eigenvalue weighted by Crippen LogP contribution is 2.25. The quantitative estimate of drug-likeness (QED) is 0.663. The average molecular weight is 291 g/mol. The van der Waals surface area contributed by atoms with Crippen LogP contribution in [-0.4, -0.2) is 11.5 Å². The van der Waals surface area contributed by atoms with Crippen LogP contribution in [-0.2, 0) is 6.42 Å². The van der Waals surface area contributed by atoms with Crippen LogP contribution in [0.4, 0.5) is 11.4 Å². The molecule has 0 saturated carbocycles. The van der Waals surface area contributed by atoms with E-state index in [9.17, 15) is 10.1 Å². The third kappa shape index (κ3) is 3.48. The molecule has 0 fully saturated rings. The second kappa shape index (κ2) is 6.39. The second-order valence-electron chi connectivity index (χ2n) is 4.53. The van der Waals surface area contributed by atoms with Crippen LogP contribution in [0, 0.1) is 17.0 Å². The van der Waals surface area contributed by atoms with Crippen molar-refractivity contribution in [2.45, 2.75) is 13.3 Å². The first kappa shape index (κ1) is 14.3. The molecule has 104 valence electrons. The maximum atomic E-state index is 10.6. The van der Waals surface area contributed by atoms with Crippen LogP contribution in [0.25, 0.3) is 0 Å². The van der Waals surface area contributed by atoms with Gasteiger partial charge in [-0.05, 0) is 30.5 Å². The molecule has 20 heavy (non-hydrogen) atoms. The normalized spacial score (nSPS) is 10.3. The highest BCUT2D eigenvalue weighted by molar-refractivity contribution is 6.33. The average Bonchev–Trinajstić information content (AvgIpc) is 2.42. The molecule has 0 aliphatic heterocycles. The van der Waals surface area contributed by atoms with Crippen molar-refractivity contribution in [3.8, 4) is 0 Å². The number of anilines is 1. The van der Waals surface area contributed by atoms with Gasteiger partial charge in [-0.1, -0.05) is 35.9 Å². The molecule has 0 spiro atoms. The molecule has 2 aromatic carbocycles. The summed E-state index contributed by atoms with van der Waals surface area (Å²) < 4.78 is 0. The molecule has 0 unspecified atom stereocenters. The summed E-state index contributed by atoms with van der Waals surface area (Å²) in [5, 5.41) is 14.6. The van der Waals surface area contributed by atoms with E-state index in [1.165, 1.54) is 12.1 Å². The fraction of sp³-hybridized carbons (Fsp3) is 0.200. The summed E-state index contributed by atoms with van der Waals surface area (Å²) in [6.07, 6.45) is 0.780. The first-order chi connectivity index (χ1) is 9.58. The number of hydrogen-bond donors (Lipinski definition) is 1. The number of nitrogens with one attached hydrogen (secondary N) is 1. The third-order valence-corrected chi connectivity index (χ3v) is 3.40. The number of hydrogen-bond acceptors (Lipinski definition) is 3. The van der Waals surface area contributed by atoms with Crippen LogP contribution < -0.4 is 5.32 Å². The van der Waals surface area contributed by atoms with Gasteiger partial charge in [0.2, 0.25) is 0 Å². The smallest absolute Gasteiger partial charge is 0.269 e. The first-order valence-electron chi connectivity index (χ1n) is 6.30. The van der Waals surface area contributed by atoms with Gasteiger partial charge < -0.3 is 5.32 Å². The number of nitrogens with zero attached hydrogens (tertiary/aromatic N) is 1. The second-order valence-corrected chi connectivity index (χ2v) is 4.94. The molecule has 0 saturated heterocycles. The number of para-hydroxylation sites is 1. The maximum absolute atomic E-state index is 10.6. The minimum atomic E-state index is -0.394. The molecular weight excluding hydrogens is 276 g/mol. The minimum Gasteiger partial charge on any atom is -0.383 e. The molecule has 0 aliphatic carbocycles. The Hall–Kier alpha value is -2.07. The topological polar surface area (TPSA) is 55.2 Å². The number of non-ortho nitro benzene ring substituents is 1. The summed E-state index contributed by atoms with van der Waals surface area (Å²) in [4.78, 5) is 10.2. The lowest BCUT2D eigenvalue weighted by Gasteiger charge is -2.11. The molecular formula is C15H15ClN2O2. The van der Waals surface area contributed by atoms with Gasteiger partial charge in [-0.2, -0.15) is 0 Å². The Kier molecular flexibility index (Phi) is 4.58. The van der Waals surface area contributed by atoms with E-state index in [-0.39, 0.29) is 5.69 Å². The highest BCUT2D eigenvalue weighted by atomic mass is 35.5. The van der Waals surface area contributed by atoms with Crippen molar-refractivity contribution in [1.29, 1.82) is 0 Å². The summed E-state index contributed by atoms with van der Waals surface area (Å²) in [5.74, 6) is 0. The molecule has 5 heteroatoms. The number of halogens is 1. The summed E-state index contributed by atoms with van der Waals surface area (Å²) in [6, 6.07) is 12.4. The zero-order valence-corrected chi connectivity index (χ0v) is 11.9. The summed E-state index contributed by atoms with van der Waals surface area (Å²) in [7, 11) is 0. The van der Waals surface area contributed by atoms with E-state index >= 15 is 0 Å². The van der Waals surface area contributed by atoms with Crippen molar-refractivity contribution < 1.29 is 4.92 Å². The number of rotatable bonds is 5. The van der Waals surface area contributed by atoms with Crippen molar-refractivity contribution in [2.75, 3.05) is 11.9 Å². The molecule has 1 N–H and O–H groups in total. The molecule has 4 nitrogen and oxygen atoms in total. The van der Waals surface area contributed by atoms with Gasteiger partial charge in [0.25, 0.3) is 5.69 Å². The van der Waals surface area contributed by atoms with Gasteiger partial charge in [0, 0.05) is 18.7 Å². The Morgan fingerprint density at radius 3 is 2.50 bits per heavy atom. The van der Waals surface area contributed by atoms with Crippen LogP contribution in [0.15, 0.2) is 42.5 Å². The van der Waals surface area contributed by atoms with Gasteiger partial charge in [-0.25, -0.2) is 0 Å². The van der Waals surface area contributed by atoms with Crippen molar-refractivity contribution >= 4 is 23.0 Å². The molecule has 2 rings (SSSR count). The highest BCUT2D eigenvalue weighted by Gasteiger charge is 2.05. The minimum absolute atomic E-state index is 0.114. The molecule has 0 radical (unpaired) electrons. The van der Waals surface area contributed by atoms with Crippen LogP contribution in [0.1, 0.15) is 11.1 Å². The fourth-order valence-electron chi connectivity index (χ4n) is 1.97. The van der Waals surface area contributed by atoms with Crippen molar-refractivity contribution in [1.82, 2.24) is 0 Å². The van der Waals surface area contributed by atoms with E-state index < -0.39 is 4.92 Å². The van der Waals surface area contributed by atoms with Crippen LogP contribution in [0.2, 0.25) is 5.02 Å². The molecule has 0 aliphatic rings. The Morgan fingerprint density at radius 1 is 1.20 bits per heavy atom. The molecule has 0 aromatic heterocycles. The van der Waals surface area contributed by atoms with Gasteiger partial charge in [-0.3, -0.25) is 10.1 Å². The van der Waals surface area contributed by atoms with E-state index in [1.807, 2.05) is 25.1 Å². The number of nitro groups is 1. The number of nitro benzene ring substituents is 1. The lowest BCUT2D eigenvalue weighted by molar-refractivity contribution is -0.384. The Balaban J connectivity index is 1.94. The first-order valence-corrected chi connectivity index (χ1v) is 6.68. The van der Waals surface area contributed by atoms with Crippen LogP contribution >= 0.6 is 11.6 Å². The Labute approximate surface area is 122 Å². The lowest BCUT2D eigenvalue weighted by Crippen LogP contribution is -2.06. The molecule has 0 amide bonds. The molecule has 0 bridgehead atoms. The largest absolute Gasteiger partial charge is 0.383 e. The molecule has 0 heterocycles. The standard InChI is InChI=1S/C15H15ClN2O2/c1-11-3-2-4-14(16)15(11)17-10-9-12-5-7-13(8-6-12)18(19)20/h2-8,17H,9-10H2,1H3. The van der Waals surface area contributed by atoms with E-state index in [0.29, 0.717) is 5.02 Å². The monoisotopic (exact) mass is 290 g/mol. The van der Waals surface area contributed by atoms with E-state index in [0.717, 1.165) is 29.8 Å². The van der Waals surface area contributed by atoms with Crippen LogP contribution in [0.3, 0.4) is 0 Å². The summed E-state index contributed by atoms with van der Waals surface area (Å²) >= 11 is 6.13. The summed E-state index contributed by atoms with van der Waals surface area (Å²) in [5.41, 5.74) is 3.20. The van der Waals surface area contributed by atoms with Gasteiger partial charge in [0.15, 0.2) is 0 Å². The van der Waals surface area contributed by atoms with Crippen molar-refractivity contribution in [3.05, 3.63) is 68.7 Å². The Bertz CT molecular complexity index is 592. The van der Waals surface area contributed by atoms with Crippen LogP contribution in [0.5, 0.6) is 0 Å². The van der Waals surface area contributed by atoms with E-state index in [2.05, 4.69) is 5.32 Å². The number of aryl methyl sites for hydroxylation is 1. The lowest BCUT2D eigenvalue weighted by atomic mass is 10.1. The van der Waals surface area contributed by atoms with Gasteiger partial charge in [0.05, 0.1) is 15.6 Å². The van der Waals surface area contributed by atoms with E-state index in [4.69, 9.17) is 11.6 Å². The van der Waals surface area contributed by atoms with Gasteiger partial charge in [-0.15, -0.1) is 0 Å². The zero-order valence-electron chi connectivity index (χ0n) is 11.1. The maximum Gasteiger partial charge on any atom is 0.269 e. The van der Waals surface area contributed by atoms with Crippen molar-refractivity contribution in [2.24, 2.45) is 0 Å². The summed E-state index contributed by atoms with van der Waals surface area (Å²) in [6.45, 7) is 2.72. The fourth-order valence-corrected chi connectivity index (χ4v) is 2.26. The van der Waals surface area contributed by atoms with Gasteiger partial charge in [0.1, 0.15) is 0 Å². The van der Waals surface area contributed by atoms with Gasteiger partial charge >= 0.3 is 0 Å². The predicted molar refractivity (Wildman–Crippen MR) is 81.5 cm³/mol. The number of benzene rings is 2. The van der Waals surface area contributed by atoms with E-state index in [1.54, 1.807) is 12.1 Å².